The number of carbonyl (C=O) groups is 1. The lowest BCUT2D eigenvalue weighted by atomic mass is 10.3. The summed E-state index contributed by atoms with van der Waals surface area (Å²) in [6, 6.07) is 10.2. The fourth-order valence-electron chi connectivity index (χ4n) is 0.705. The molecule has 4 heteroatoms. The van der Waals surface area contributed by atoms with Crippen LogP contribution in [-0.4, -0.2) is 12.8 Å². The number of carbonyl (C=O) groups excluding carboxylic acids is 1. The van der Waals surface area contributed by atoms with Gasteiger partial charge in [-0.2, -0.15) is 5.26 Å². The minimum atomic E-state index is -0.868. The molecular formula is C9H7NO3. The van der Waals surface area contributed by atoms with Crippen molar-refractivity contribution in [1.29, 1.82) is 5.26 Å². The van der Waals surface area contributed by atoms with Crippen LogP contribution in [0.25, 0.3) is 0 Å². The summed E-state index contributed by atoms with van der Waals surface area (Å²) in [4.78, 5) is 10.8. The second-order valence-electron chi connectivity index (χ2n) is 2.11. The Balaban J connectivity index is 2.42. The number of hydrogen-bond acceptors (Lipinski definition) is 4. The lowest BCUT2D eigenvalue weighted by molar-refractivity contribution is 0.111. The summed E-state index contributed by atoms with van der Waals surface area (Å²) in [5.74, 6) is 0.394. The van der Waals surface area contributed by atoms with Gasteiger partial charge in [0.25, 0.3) is 0 Å². The third-order valence-electron chi connectivity index (χ3n) is 1.20. The Morgan fingerprint density at radius 2 is 2.08 bits per heavy atom. The van der Waals surface area contributed by atoms with Crippen LogP contribution in [0.5, 0.6) is 5.75 Å². The maximum atomic E-state index is 10.8. The van der Waals surface area contributed by atoms with Crippen molar-refractivity contribution in [3.8, 4) is 11.8 Å². The number of hydrogen-bond donors (Lipinski definition) is 0. The third kappa shape index (κ3) is 3.25. The zero-order chi connectivity index (χ0) is 9.52. The quantitative estimate of drug-likeness (QED) is 0.509. The molecule has 1 aromatic carbocycles. The average molecular weight is 177 g/mol. The Hall–Kier alpha value is -2.02. The summed E-state index contributed by atoms with van der Waals surface area (Å²) < 4.78 is 9.08. The minimum absolute atomic E-state index is 0.300. The molecule has 0 unspecified atom stereocenters. The van der Waals surface area contributed by atoms with Gasteiger partial charge in [0, 0.05) is 0 Å². The van der Waals surface area contributed by atoms with E-state index in [1.165, 1.54) is 0 Å². The van der Waals surface area contributed by atoms with Crippen molar-refractivity contribution < 1.29 is 14.3 Å². The van der Waals surface area contributed by atoms with Crippen LogP contribution in [0.1, 0.15) is 0 Å². The highest BCUT2D eigenvalue weighted by Gasteiger charge is 2.03. The van der Waals surface area contributed by atoms with E-state index in [1.807, 2.05) is 0 Å². The standard InChI is InChI=1S/C9H7NO3/c10-6-7-12-9(11)13-8-4-2-1-3-5-8/h1-5H,7H2. The number of ether oxygens (including phenoxy) is 2. The Morgan fingerprint density at radius 3 is 2.69 bits per heavy atom. The van der Waals surface area contributed by atoms with E-state index in [2.05, 4.69) is 4.74 Å². The second-order valence-corrected chi connectivity index (χ2v) is 2.11. The van der Waals surface area contributed by atoms with Gasteiger partial charge >= 0.3 is 6.16 Å². The van der Waals surface area contributed by atoms with E-state index in [4.69, 9.17) is 10.00 Å². The van der Waals surface area contributed by atoms with Crippen LogP contribution < -0.4 is 4.74 Å². The van der Waals surface area contributed by atoms with E-state index in [9.17, 15) is 4.79 Å². The highest BCUT2D eigenvalue weighted by Crippen LogP contribution is 2.08. The highest BCUT2D eigenvalue weighted by atomic mass is 16.7. The van der Waals surface area contributed by atoms with Gasteiger partial charge in [0.2, 0.25) is 0 Å². The molecule has 4 nitrogen and oxygen atoms in total. The van der Waals surface area contributed by atoms with E-state index >= 15 is 0 Å². The first kappa shape index (κ1) is 9.07. The Bertz CT molecular complexity index is 315. The first-order valence-electron chi connectivity index (χ1n) is 3.59. The van der Waals surface area contributed by atoms with Crippen LogP contribution in [0.3, 0.4) is 0 Å². The molecule has 0 atom stereocenters. The highest BCUT2D eigenvalue weighted by molar-refractivity contribution is 5.63. The molecular weight excluding hydrogens is 170 g/mol. The number of para-hydroxylation sites is 1. The maximum Gasteiger partial charge on any atom is 0.514 e. The number of benzene rings is 1. The molecule has 0 spiro atoms. The van der Waals surface area contributed by atoms with E-state index in [0.29, 0.717) is 5.75 Å². The summed E-state index contributed by atoms with van der Waals surface area (Å²) >= 11 is 0. The van der Waals surface area contributed by atoms with Crippen molar-refractivity contribution in [2.24, 2.45) is 0 Å². The van der Waals surface area contributed by atoms with Crippen LogP contribution in [0.4, 0.5) is 4.79 Å². The molecule has 0 aliphatic heterocycles. The molecule has 0 saturated heterocycles. The summed E-state index contributed by atoms with van der Waals surface area (Å²) in [7, 11) is 0. The van der Waals surface area contributed by atoms with Gasteiger partial charge < -0.3 is 9.47 Å². The average Bonchev–Trinajstić information content (AvgIpc) is 2.16. The molecule has 1 rings (SSSR count). The monoisotopic (exact) mass is 177 g/mol. The Kier molecular flexibility index (Phi) is 3.33. The van der Waals surface area contributed by atoms with Crippen LogP contribution in [0, 0.1) is 11.3 Å². The fraction of sp³-hybridized carbons (Fsp3) is 0.111. The first-order chi connectivity index (χ1) is 6.33. The van der Waals surface area contributed by atoms with Gasteiger partial charge in [-0.15, -0.1) is 0 Å². The molecule has 0 amide bonds. The molecule has 13 heavy (non-hydrogen) atoms. The van der Waals surface area contributed by atoms with Crippen LogP contribution in [-0.2, 0) is 4.74 Å². The molecule has 0 aliphatic carbocycles. The molecule has 66 valence electrons. The topological polar surface area (TPSA) is 59.3 Å². The SMILES string of the molecule is N#CCOC(=O)Oc1ccccc1. The molecule has 0 fully saturated rings. The van der Waals surface area contributed by atoms with Crippen LogP contribution >= 0.6 is 0 Å². The molecule has 0 aliphatic rings. The van der Waals surface area contributed by atoms with Gasteiger partial charge in [0.1, 0.15) is 11.8 Å². The van der Waals surface area contributed by atoms with Crippen LogP contribution in [0.2, 0.25) is 0 Å². The minimum Gasteiger partial charge on any atom is -0.419 e. The molecule has 0 bridgehead atoms. The predicted octanol–water partition coefficient (Wildman–Crippen LogP) is 1.73. The van der Waals surface area contributed by atoms with Crippen molar-refractivity contribution in [2.45, 2.75) is 0 Å². The molecule has 0 radical (unpaired) electrons. The van der Waals surface area contributed by atoms with E-state index in [0.717, 1.165) is 0 Å². The zero-order valence-electron chi connectivity index (χ0n) is 6.77. The lowest BCUT2D eigenvalue weighted by Crippen LogP contribution is -2.10. The summed E-state index contributed by atoms with van der Waals surface area (Å²) in [6.07, 6.45) is -0.868. The van der Waals surface area contributed by atoms with Crippen molar-refractivity contribution in [2.75, 3.05) is 6.61 Å². The van der Waals surface area contributed by atoms with Gasteiger partial charge in [0.05, 0.1) is 0 Å². The lowest BCUT2D eigenvalue weighted by Gasteiger charge is -2.01. The summed E-state index contributed by atoms with van der Waals surface area (Å²) in [6.45, 7) is -0.300. The van der Waals surface area contributed by atoms with Crippen molar-refractivity contribution in [3.05, 3.63) is 30.3 Å². The maximum absolute atomic E-state index is 10.8. The number of nitrogens with zero attached hydrogens (tertiary/aromatic N) is 1. The summed E-state index contributed by atoms with van der Waals surface area (Å²) in [5, 5.41) is 8.10. The fourth-order valence-corrected chi connectivity index (χ4v) is 0.705. The van der Waals surface area contributed by atoms with Gasteiger partial charge in [0.15, 0.2) is 6.61 Å². The van der Waals surface area contributed by atoms with Crippen LogP contribution in [0.15, 0.2) is 30.3 Å². The van der Waals surface area contributed by atoms with E-state index < -0.39 is 6.16 Å². The van der Waals surface area contributed by atoms with Crippen molar-refractivity contribution in [1.82, 2.24) is 0 Å². The Labute approximate surface area is 75.3 Å². The number of nitriles is 1. The zero-order valence-corrected chi connectivity index (χ0v) is 6.77. The first-order valence-corrected chi connectivity index (χ1v) is 3.59. The second kappa shape index (κ2) is 4.78. The number of rotatable bonds is 2. The van der Waals surface area contributed by atoms with Gasteiger partial charge in [-0.05, 0) is 12.1 Å². The third-order valence-corrected chi connectivity index (χ3v) is 1.20. The molecule has 0 N–H and O–H groups in total. The predicted molar refractivity (Wildman–Crippen MR) is 44.0 cm³/mol. The normalized spacial score (nSPS) is 8.54. The summed E-state index contributed by atoms with van der Waals surface area (Å²) in [5.41, 5.74) is 0. The van der Waals surface area contributed by atoms with Crippen molar-refractivity contribution in [3.63, 3.8) is 0 Å². The van der Waals surface area contributed by atoms with Crippen molar-refractivity contribution >= 4 is 6.16 Å². The van der Waals surface area contributed by atoms with E-state index in [-0.39, 0.29) is 6.61 Å². The molecule has 0 aromatic heterocycles. The molecule has 0 heterocycles. The van der Waals surface area contributed by atoms with Gasteiger partial charge in [-0.25, -0.2) is 4.79 Å². The van der Waals surface area contributed by atoms with Gasteiger partial charge in [-0.3, -0.25) is 0 Å². The van der Waals surface area contributed by atoms with Gasteiger partial charge in [-0.1, -0.05) is 18.2 Å². The smallest absolute Gasteiger partial charge is 0.419 e. The molecule has 1 aromatic rings. The Morgan fingerprint density at radius 1 is 1.38 bits per heavy atom. The molecule has 0 saturated carbocycles. The largest absolute Gasteiger partial charge is 0.514 e. The van der Waals surface area contributed by atoms with E-state index in [1.54, 1.807) is 36.4 Å².